The van der Waals surface area contributed by atoms with Crippen molar-refractivity contribution in [3.8, 4) is 0 Å². The van der Waals surface area contributed by atoms with Crippen molar-refractivity contribution in [2.45, 2.75) is 26.7 Å². The summed E-state index contributed by atoms with van der Waals surface area (Å²) in [6, 6.07) is 4.36. The van der Waals surface area contributed by atoms with Gasteiger partial charge in [0, 0.05) is 11.6 Å². The molecule has 0 radical (unpaired) electrons. The first kappa shape index (κ1) is 13.5. The molecule has 0 spiro atoms. The van der Waals surface area contributed by atoms with Crippen LogP contribution in [-0.4, -0.2) is 11.7 Å². The number of halogens is 2. The van der Waals surface area contributed by atoms with Crippen LogP contribution in [0.1, 0.15) is 25.8 Å². The van der Waals surface area contributed by atoms with Gasteiger partial charge in [-0.25, -0.2) is 4.39 Å². The van der Waals surface area contributed by atoms with Crippen LogP contribution < -0.4 is 0 Å². The normalized spacial score (nSPS) is 13.1. The van der Waals surface area contributed by atoms with Crippen molar-refractivity contribution >= 4 is 11.6 Å². The van der Waals surface area contributed by atoms with E-state index in [9.17, 15) is 9.50 Å². The van der Waals surface area contributed by atoms with E-state index in [1.54, 1.807) is 6.07 Å². The molecule has 1 nitrogen and oxygen atoms in total. The number of hydrogen-bond acceptors (Lipinski definition) is 1. The molecule has 1 N–H and O–H groups in total. The molecule has 0 amide bonds. The van der Waals surface area contributed by atoms with Crippen molar-refractivity contribution in [1.29, 1.82) is 0 Å². The van der Waals surface area contributed by atoms with E-state index in [0.29, 0.717) is 17.4 Å². The molecule has 3 heteroatoms. The van der Waals surface area contributed by atoms with Crippen molar-refractivity contribution in [2.24, 2.45) is 11.8 Å². The Morgan fingerprint density at radius 1 is 1.38 bits per heavy atom. The van der Waals surface area contributed by atoms with Gasteiger partial charge < -0.3 is 5.11 Å². The summed E-state index contributed by atoms with van der Waals surface area (Å²) >= 11 is 5.99. The van der Waals surface area contributed by atoms with Gasteiger partial charge in [-0.15, -0.1) is 0 Å². The summed E-state index contributed by atoms with van der Waals surface area (Å²) in [4.78, 5) is 0. The van der Waals surface area contributed by atoms with Gasteiger partial charge in [0.1, 0.15) is 5.82 Å². The Labute approximate surface area is 101 Å². The Balaban J connectivity index is 2.73. The van der Waals surface area contributed by atoms with Crippen molar-refractivity contribution in [3.05, 3.63) is 34.6 Å². The maximum atomic E-state index is 13.0. The molecule has 0 aliphatic rings. The molecule has 1 atom stereocenters. The van der Waals surface area contributed by atoms with Gasteiger partial charge in [0.15, 0.2) is 0 Å². The minimum Gasteiger partial charge on any atom is -0.396 e. The fourth-order valence-corrected chi connectivity index (χ4v) is 2.09. The van der Waals surface area contributed by atoms with Crippen LogP contribution in [0.2, 0.25) is 5.02 Å². The number of aliphatic hydroxyl groups excluding tert-OH is 1. The monoisotopic (exact) mass is 244 g/mol. The van der Waals surface area contributed by atoms with Gasteiger partial charge in [-0.3, -0.25) is 0 Å². The van der Waals surface area contributed by atoms with E-state index in [-0.39, 0.29) is 18.3 Å². The molecule has 1 unspecified atom stereocenters. The number of benzene rings is 1. The fourth-order valence-electron chi connectivity index (χ4n) is 1.90. The first-order chi connectivity index (χ1) is 7.52. The molecule has 1 rings (SSSR count). The maximum absolute atomic E-state index is 13.0. The molecule has 0 heterocycles. The zero-order chi connectivity index (χ0) is 12.1. The molecule has 0 aliphatic heterocycles. The standard InChI is InChI=1S/C13H18ClFO/c1-9(2)5-10(8-16)6-11-7-12(15)3-4-13(11)14/h3-4,7,9-10,16H,5-6,8H2,1-2H3. The van der Waals surface area contributed by atoms with E-state index in [4.69, 9.17) is 11.6 Å². The van der Waals surface area contributed by atoms with Crippen molar-refractivity contribution in [2.75, 3.05) is 6.61 Å². The first-order valence-corrected chi connectivity index (χ1v) is 5.95. The number of hydrogen-bond donors (Lipinski definition) is 1. The van der Waals surface area contributed by atoms with Gasteiger partial charge in [-0.05, 0) is 48.4 Å². The zero-order valence-electron chi connectivity index (χ0n) is 9.71. The SMILES string of the molecule is CC(C)CC(CO)Cc1cc(F)ccc1Cl. The Morgan fingerprint density at radius 3 is 2.62 bits per heavy atom. The molecule has 16 heavy (non-hydrogen) atoms. The summed E-state index contributed by atoms with van der Waals surface area (Å²) in [5.41, 5.74) is 0.779. The third-order valence-corrected chi connectivity index (χ3v) is 2.95. The quantitative estimate of drug-likeness (QED) is 0.838. The Morgan fingerprint density at radius 2 is 2.06 bits per heavy atom. The predicted molar refractivity (Wildman–Crippen MR) is 65.1 cm³/mol. The van der Waals surface area contributed by atoms with Crippen LogP contribution in [0.15, 0.2) is 18.2 Å². The predicted octanol–water partition coefficient (Wildman–Crippen LogP) is 3.68. The van der Waals surface area contributed by atoms with Gasteiger partial charge in [0.25, 0.3) is 0 Å². The molecule has 0 aliphatic carbocycles. The van der Waals surface area contributed by atoms with Crippen LogP contribution in [-0.2, 0) is 6.42 Å². The lowest BCUT2D eigenvalue weighted by Crippen LogP contribution is -2.12. The highest BCUT2D eigenvalue weighted by atomic mass is 35.5. The number of rotatable bonds is 5. The topological polar surface area (TPSA) is 20.2 Å². The van der Waals surface area contributed by atoms with Crippen molar-refractivity contribution in [1.82, 2.24) is 0 Å². The van der Waals surface area contributed by atoms with Gasteiger partial charge in [-0.1, -0.05) is 25.4 Å². The average Bonchev–Trinajstić information content (AvgIpc) is 2.21. The lowest BCUT2D eigenvalue weighted by molar-refractivity contribution is 0.205. The average molecular weight is 245 g/mol. The second-order valence-electron chi connectivity index (χ2n) is 4.62. The number of aliphatic hydroxyl groups is 1. The van der Waals surface area contributed by atoms with E-state index in [1.165, 1.54) is 12.1 Å². The molecule has 0 fully saturated rings. The van der Waals surface area contributed by atoms with Crippen LogP contribution in [0.4, 0.5) is 4.39 Å². The second kappa shape index (κ2) is 6.21. The van der Waals surface area contributed by atoms with E-state index in [2.05, 4.69) is 13.8 Å². The second-order valence-corrected chi connectivity index (χ2v) is 5.03. The fraction of sp³-hybridized carbons (Fsp3) is 0.538. The largest absolute Gasteiger partial charge is 0.396 e. The third-order valence-electron chi connectivity index (χ3n) is 2.58. The van der Waals surface area contributed by atoms with Gasteiger partial charge >= 0.3 is 0 Å². The van der Waals surface area contributed by atoms with Gasteiger partial charge in [0.05, 0.1) is 0 Å². The molecule has 0 aromatic heterocycles. The summed E-state index contributed by atoms with van der Waals surface area (Å²) in [5, 5.41) is 9.83. The van der Waals surface area contributed by atoms with Crippen LogP contribution in [0.5, 0.6) is 0 Å². The van der Waals surface area contributed by atoms with Crippen LogP contribution in [0, 0.1) is 17.7 Å². The van der Waals surface area contributed by atoms with Gasteiger partial charge in [0.2, 0.25) is 0 Å². The van der Waals surface area contributed by atoms with Crippen LogP contribution in [0.25, 0.3) is 0 Å². The van der Waals surface area contributed by atoms with E-state index in [1.807, 2.05) is 0 Å². The minimum atomic E-state index is -0.277. The molecule has 0 saturated heterocycles. The molecule has 0 saturated carbocycles. The van der Waals surface area contributed by atoms with Crippen molar-refractivity contribution in [3.63, 3.8) is 0 Å². The van der Waals surface area contributed by atoms with Crippen LogP contribution >= 0.6 is 11.6 Å². The lowest BCUT2D eigenvalue weighted by Gasteiger charge is -2.17. The highest BCUT2D eigenvalue weighted by molar-refractivity contribution is 6.31. The summed E-state index contributed by atoms with van der Waals surface area (Å²) in [6.45, 7) is 4.33. The Kier molecular flexibility index (Phi) is 5.23. The Hall–Kier alpha value is -0.600. The highest BCUT2D eigenvalue weighted by Crippen LogP contribution is 2.23. The van der Waals surface area contributed by atoms with Gasteiger partial charge in [-0.2, -0.15) is 0 Å². The zero-order valence-corrected chi connectivity index (χ0v) is 10.5. The first-order valence-electron chi connectivity index (χ1n) is 5.57. The third kappa shape index (κ3) is 4.11. The van der Waals surface area contributed by atoms with E-state index < -0.39 is 0 Å². The summed E-state index contributed by atoms with van der Waals surface area (Å²) in [5.74, 6) is 0.393. The molecule has 90 valence electrons. The van der Waals surface area contributed by atoms with E-state index in [0.717, 1.165) is 12.0 Å². The van der Waals surface area contributed by atoms with Crippen LogP contribution in [0.3, 0.4) is 0 Å². The summed E-state index contributed by atoms with van der Waals surface area (Å²) in [6.07, 6.45) is 1.55. The summed E-state index contributed by atoms with van der Waals surface area (Å²) in [7, 11) is 0. The molecule has 1 aromatic carbocycles. The van der Waals surface area contributed by atoms with E-state index >= 15 is 0 Å². The smallest absolute Gasteiger partial charge is 0.123 e. The lowest BCUT2D eigenvalue weighted by atomic mass is 9.91. The minimum absolute atomic E-state index is 0.116. The molecular formula is C13H18ClFO. The van der Waals surface area contributed by atoms with Crippen molar-refractivity contribution < 1.29 is 9.50 Å². The Bertz CT molecular complexity index is 339. The molecule has 1 aromatic rings. The summed E-state index contributed by atoms with van der Waals surface area (Å²) < 4.78 is 13.0. The highest BCUT2D eigenvalue weighted by Gasteiger charge is 2.13. The molecule has 0 bridgehead atoms. The maximum Gasteiger partial charge on any atom is 0.123 e. The molecular weight excluding hydrogens is 227 g/mol.